The summed E-state index contributed by atoms with van der Waals surface area (Å²) in [4.78, 5) is 10.1. The second kappa shape index (κ2) is 6.33. The minimum absolute atomic E-state index is 0.153. The molecule has 0 aliphatic rings. The van der Waals surface area contributed by atoms with E-state index in [1.54, 1.807) is 0 Å². The van der Waals surface area contributed by atoms with Crippen molar-refractivity contribution < 1.29 is 9.53 Å². The molecule has 0 heterocycles. The Labute approximate surface area is 84.9 Å². The summed E-state index contributed by atoms with van der Waals surface area (Å²) in [6.07, 6.45) is 2.90. The van der Waals surface area contributed by atoms with Crippen LogP contribution in [0.4, 0.5) is 0 Å². The van der Waals surface area contributed by atoms with E-state index < -0.39 is 0 Å². The number of ether oxygens (including phenoxy) is 1. The van der Waals surface area contributed by atoms with Crippen LogP contribution in [0.3, 0.4) is 0 Å². The highest BCUT2D eigenvalue weighted by molar-refractivity contribution is 5.50. The molecule has 0 aromatic heterocycles. The Kier molecular flexibility index (Phi) is 4.94. The molecule has 2 nitrogen and oxygen atoms in total. The molecule has 76 valence electrons. The van der Waals surface area contributed by atoms with E-state index in [2.05, 4.69) is 12.1 Å². The van der Waals surface area contributed by atoms with Gasteiger partial charge >= 0.3 is 0 Å². The van der Waals surface area contributed by atoms with E-state index in [1.165, 1.54) is 5.56 Å². The molecule has 1 aromatic carbocycles. The normalized spacial score (nSPS) is 12.4. The van der Waals surface area contributed by atoms with Crippen LogP contribution < -0.4 is 0 Å². The maximum atomic E-state index is 10.1. The molecule has 0 bridgehead atoms. The standard InChI is InChI=1S/C12H16O2/c1-11(14-10-9-13)7-8-12-5-3-2-4-6-12/h2-6,9,11H,7-8,10H2,1H3. The first-order valence-electron chi connectivity index (χ1n) is 4.92. The molecule has 0 fully saturated rings. The zero-order chi connectivity index (χ0) is 10.2. The minimum atomic E-state index is 0.153. The highest BCUT2D eigenvalue weighted by atomic mass is 16.5. The topological polar surface area (TPSA) is 26.3 Å². The number of carbonyl (C=O) groups excluding carboxylic acids is 1. The molecule has 1 rings (SSSR count). The molecule has 1 unspecified atom stereocenters. The molecule has 0 spiro atoms. The monoisotopic (exact) mass is 192 g/mol. The largest absolute Gasteiger partial charge is 0.371 e. The number of aryl methyl sites for hydroxylation is 1. The number of benzene rings is 1. The van der Waals surface area contributed by atoms with Gasteiger partial charge in [-0.3, -0.25) is 0 Å². The summed E-state index contributed by atoms with van der Waals surface area (Å²) in [6.45, 7) is 2.20. The van der Waals surface area contributed by atoms with Crippen molar-refractivity contribution in [1.29, 1.82) is 0 Å². The molecule has 0 saturated heterocycles. The van der Waals surface area contributed by atoms with Gasteiger partial charge in [-0.1, -0.05) is 30.3 Å². The number of rotatable bonds is 6. The molecule has 0 radical (unpaired) electrons. The molecule has 1 atom stereocenters. The van der Waals surface area contributed by atoms with Gasteiger partial charge in [-0.25, -0.2) is 0 Å². The van der Waals surface area contributed by atoms with Crippen LogP contribution in [0.25, 0.3) is 0 Å². The lowest BCUT2D eigenvalue weighted by atomic mass is 10.1. The summed E-state index contributed by atoms with van der Waals surface area (Å²) in [7, 11) is 0. The van der Waals surface area contributed by atoms with Crippen molar-refractivity contribution in [2.45, 2.75) is 25.9 Å². The Hall–Kier alpha value is -1.15. The van der Waals surface area contributed by atoms with Crippen molar-refractivity contribution in [2.24, 2.45) is 0 Å². The Morgan fingerprint density at radius 2 is 2.07 bits per heavy atom. The minimum Gasteiger partial charge on any atom is -0.371 e. The van der Waals surface area contributed by atoms with Crippen molar-refractivity contribution >= 4 is 6.29 Å². The lowest BCUT2D eigenvalue weighted by Gasteiger charge is -2.10. The van der Waals surface area contributed by atoms with Gasteiger partial charge in [0.25, 0.3) is 0 Å². The fraction of sp³-hybridized carbons (Fsp3) is 0.417. The maximum Gasteiger partial charge on any atom is 0.145 e. The lowest BCUT2D eigenvalue weighted by Crippen LogP contribution is -2.10. The third-order valence-corrected chi connectivity index (χ3v) is 2.13. The van der Waals surface area contributed by atoms with Crippen LogP contribution in [-0.4, -0.2) is 19.0 Å². The highest BCUT2D eigenvalue weighted by Gasteiger charge is 2.01. The first-order valence-corrected chi connectivity index (χ1v) is 4.92. The second-order valence-corrected chi connectivity index (χ2v) is 3.33. The predicted molar refractivity (Wildman–Crippen MR) is 56.2 cm³/mol. The molecule has 2 heteroatoms. The van der Waals surface area contributed by atoms with Gasteiger partial charge in [-0.15, -0.1) is 0 Å². The average Bonchev–Trinajstić information content (AvgIpc) is 2.25. The van der Waals surface area contributed by atoms with Gasteiger partial charge in [0.1, 0.15) is 12.9 Å². The summed E-state index contributed by atoms with van der Waals surface area (Å²) < 4.78 is 5.24. The molecule has 0 aliphatic heterocycles. The van der Waals surface area contributed by atoms with Crippen LogP contribution in [0.5, 0.6) is 0 Å². The van der Waals surface area contributed by atoms with Crippen LogP contribution in [0.15, 0.2) is 30.3 Å². The van der Waals surface area contributed by atoms with Crippen LogP contribution in [-0.2, 0) is 16.0 Å². The van der Waals surface area contributed by atoms with Crippen molar-refractivity contribution in [2.75, 3.05) is 6.61 Å². The van der Waals surface area contributed by atoms with E-state index in [0.29, 0.717) is 0 Å². The first-order chi connectivity index (χ1) is 6.83. The Balaban J connectivity index is 2.23. The molecular formula is C12H16O2. The average molecular weight is 192 g/mol. The molecule has 0 saturated carbocycles. The molecule has 0 aliphatic carbocycles. The quantitative estimate of drug-likeness (QED) is 0.646. The summed E-state index contributed by atoms with van der Waals surface area (Å²) in [6, 6.07) is 10.3. The molecule has 0 amide bonds. The second-order valence-electron chi connectivity index (χ2n) is 3.33. The van der Waals surface area contributed by atoms with E-state index in [9.17, 15) is 4.79 Å². The highest BCUT2D eigenvalue weighted by Crippen LogP contribution is 2.06. The fourth-order valence-corrected chi connectivity index (χ4v) is 1.30. The van der Waals surface area contributed by atoms with E-state index in [1.807, 2.05) is 25.1 Å². The van der Waals surface area contributed by atoms with Crippen LogP contribution in [0, 0.1) is 0 Å². The van der Waals surface area contributed by atoms with Crippen LogP contribution in [0.1, 0.15) is 18.9 Å². The zero-order valence-electron chi connectivity index (χ0n) is 8.48. The van der Waals surface area contributed by atoms with Gasteiger partial charge in [0.2, 0.25) is 0 Å². The predicted octanol–water partition coefficient (Wildman–Crippen LogP) is 2.22. The number of hydrogen-bond donors (Lipinski definition) is 0. The Morgan fingerprint density at radius 3 is 2.71 bits per heavy atom. The maximum absolute atomic E-state index is 10.1. The fourth-order valence-electron chi connectivity index (χ4n) is 1.30. The third kappa shape index (κ3) is 4.19. The van der Waals surface area contributed by atoms with Gasteiger partial charge in [0.15, 0.2) is 0 Å². The summed E-state index contributed by atoms with van der Waals surface area (Å²) in [5.74, 6) is 0. The van der Waals surface area contributed by atoms with Crippen molar-refractivity contribution in [3.8, 4) is 0 Å². The van der Waals surface area contributed by atoms with Crippen LogP contribution >= 0.6 is 0 Å². The van der Waals surface area contributed by atoms with Gasteiger partial charge < -0.3 is 9.53 Å². The zero-order valence-corrected chi connectivity index (χ0v) is 8.48. The molecule has 14 heavy (non-hydrogen) atoms. The third-order valence-electron chi connectivity index (χ3n) is 2.13. The van der Waals surface area contributed by atoms with Crippen LogP contribution in [0.2, 0.25) is 0 Å². The SMILES string of the molecule is CC(CCc1ccccc1)OCC=O. The van der Waals surface area contributed by atoms with E-state index in [0.717, 1.165) is 19.1 Å². The summed E-state index contributed by atoms with van der Waals surface area (Å²) in [5.41, 5.74) is 1.31. The van der Waals surface area contributed by atoms with Gasteiger partial charge in [-0.05, 0) is 25.3 Å². The summed E-state index contributed by atoms with van der Waals surface area (Å²) in [5, 5.41) is 0. The van der Waals surface area contributed by atoms with Gasteiger partial charge in [-0.2, -0.15) is 0 Å². The van der Waals surface area contributed by atoms with Crippen molar-refractivity contribution in [1.82, 2.24) is 0 Å². The van der Waals surface area contributed by atoms with Gasteiger partial charge in [0, 0.05) is 0 Å². The van der Waals surface area contributed by atoms with E-state index in [-0.39, 0.29) is 12.7 Å². The Bertz CT molecular complexity index is 256. The molecular weight excluding hydrogens is 176 g/mol. The van der Waals surface area contributed by atoms with E-state index >= 15 is 0 Å². The van der Waals surface area contributed by atoms with Gasteiger partial charge in [0.05, 0.1) is 6.10 Å². The Morgan fingerprint density at radius 1 is 1.36 bits per heavy atom. The molecule has 0 N–H and O–H groups in total. The van der Waals surface area contributed by atoms with E-state index in [4.69, 9.17) is 4.74 Å². The van der Waals surface area contributed by atoms with Crippen molar-refractivity contribution in [3.05, 3.63) is 35.9 Å². The number of aldehydes is 1. The molecule has 1 aromatic rings. The first kappa shape index (κ1) is 10.9. The number of carbonyl (C=O) groups is 1. The lowest BCUT2D eigenvalue weighted by molar-refractivity contribution is -0.113. The van der Waals surface area contributed by atoms with Crippen molar-refractivity contribution in [3.63, 3.8) is 0 Å². The smallest absolute Gasteiger partial charge is 0.145 e. The summed E-state index contributed by atoms with van der Waals surface area (Å²) >= 11 is 0. The number of hydrogen-bond acceptors (Lipinski definition) is 2.